The van der Waals surface area contributed by atoms with Crippen molar-refractivity contribution in [3.8, 4) is 0 Å². The summed E-state index contributed by atoms with van der Waals surface area (Å²) in [6.45, 7) is 0.530. The lowest BCUT2D eigenvalue weighted by molar-refractivity contribution is -0.152. The Balaban J connectivity index is 2.03. The molecule has 0 spiro atoms. The molecule has 1 amide bonds. The van der Waals surface area contributed by atoms with Crippen molar-refractivity contribution in [1.29, 1.82) is 0 Å². The Labute approximate surface area is 119 Å². The molecule has 1 N–H and O–H groups in total. The molecule has 0 radical (unpaired) electrons. The number of nitrogens with zero attached hydrogens (tertiary/aromatic N) is 1. The predicted octanol–water partition coefficient (Wildman–Crippen LogP) is 2.54. The number of carboxylic acids is 1. The molecule has 1 fully saturated rings. The number of carbonyl (C=O) groups excluding carboxylic acids is 1. The van der Waals surface area contributed by atoms with Crippen molar-refractivity contribution >= 4 is 11.9 Å². The van der Waals surface area contributed by atoms with E-state index in [1.165, 1.54) is 0 Å². The van der Waals surface area contributed by atoms with Crippen molar-refractivity contribution in [2.75, 3.05) is 7.05 Å². The van der Waals surface area contributed by atoms with Crippen LogP contribution in [0.4, 0.5) is 0 Å². The molecule has 1 aromatic rings. The standard InChI is InChI=1S/C16H21NO3/c1-17(11-12-7-3-2-4-8-12)15(18)13-9-5-6-10-14(13)16(19)20/h2-4,7-8,13-14H,5-6,9-11H2,1H3,(H,19,20). The van der Waals surface area contributed by atoms with Gasteiger partial charge in [0.05, 0.1) is 11.8 Å². The summed E-state index contributed by atoms with van der Waals surface area (Å²) in [5.41, 5.74) is 1.06. The first-order valence-corrected chi connectivity index (χ1v) is 7.11. The van der Waals surface area contributed by atoms with E-state index in [9.17, 15) is 14.7 Å². The molecule has 1 aliphatic rings. The molecule has 0 heterocycles. The van der Waals surface area contributed by atoms with Gasteiger partial charge in [0, 0.05) is 13.6 Å². The van der Waals surface area contributed by atoms with Crippen LogP contribution < -0.4 is 0 Å². The summed E-state index contributed by atoms with van der Waals surface area (Å²) >= 11 is 0. The SMILES string of the molecule is CN(Cc1ccccc1)C(=O)C1CCCCC1C(=O)O. The minimum Gasteiger partial charge on any atom is -0.481 e. The zero-order chi connectivity index (χ0) is 14.5. The maximum Gasteiger partial charge on any atom is 0.307 e. The summed E-state index contributed by atoms with van der Waals surface area (Å²) in [4.78, 5) is 25.4. The van der Waals surface area contributed by atoms with Crippen LogP contribution in [0.15, 0.2) is 30.3 Å². The van der Waals surface area contributed by atoms with Crippen molar-refractivity contribution in [3.05, 3.63) is 35.9 Å². The van der Waals surface area contributed by atoms with Gasteiger partial charge in [-0.15, -0.1) is 0 Å². The molecular formula is C16H21NO3. The van der Waals surface area contributed by atoms with Crippen LogP contribution in [-0.4, -0.2) is 28.9 Å². The number of carbonyl (C=O) groups is 2. The molecule has 0 bridgehead atoms. The third-order valence-corrected chi connectivity index (χ3v) is 4.04. The maximum absolute atomic E-state index is 12.5. The van der Waals surface area contributed by atoms with E-state index in [4.69, 9.17) is 0 Å². The fourth-order valence-electron chi connectivity index (χ4n) is 2.94. The molecule has 2 unspecified atom stereocenters. The van der Waals surface area contributed by atoms with Gasteiger partial charge >= 0.3 is 5.97 Å². The van der Waals surface area contributed by atoms with Gasteiger partial charge in [0.25, 0.3) is 0 Å². The van der Waals surface area contributed by atoms with Crippen molar-refractivity contribution in [2.45, 2.75) is 32.2 Å². The highest BCUT2D eigenvalue weighted by atomic mass is 16.4. The highest BCUT2D eigenvalue weighted by Gasteiger charge is 2.36. The van der Waals surface area contributed by atoms with Crippen molar-refractivity contribution in [1.82, 2.24) is 4.90 Å². The number of amides is 1. The Morgan fingerprint density at radius 1 is 1.15 bits per heavy atom. The van der Waals surface area contributed by atoms with Gasteiger partial charge in [0.1, 0.15) is 0 Å². The Morgan fingerprint density at radius 3 is 2.35 bits per heavy atom. The Bertz CT molecular complexity index is 472. The number of carboxylic acid groups (broad SMARTS) is 1. The molecular weight excluding hydrogens is 254 g/mol. The number of benzene rings is 1. The second kappa shape index (κ2) is 6.55. The van der Waals surface area contributed by atoms with Gasteiger partial charge in [-0.25, -0.2) is 0 Å². The Hall–Kier alpha value is -1.84. The lowest BCUT2D eigenvalue weighted by Crippen LogP contribution is -2.40. The van der Waals surface area contributed by atoms with Gasteiger partial charge in [-0.2, -0.15) is 0 Å². The van der Waals surface area contributed by atoms with E-state index in [0.717, 1.165) is 18.4 Å². The summed E-state index contributed by atoms with van der Waals surface area (Å²) in [5, 5.41) is 9.26. The summed E-state index contributed by atoms with van der Waals surface area (Å²) in [6.07, 6.45) is 3.16. The van der Waals surface area contributed by atoms with Gasteiger partial charge in [-0.05, 0) is 18.4 Å². The van der Waals surface area contributed by atoms with Crippen LogP contribution >= 0.6 is 0 Å². The van der Waals surface area contributed by atoms with Gasteiger partial charge < -0.3 is 10.0 Å². The van der Waals surface area contributed by atoms with E-state index >= 15 is 0 Å². The van der Waals surface area contributed by atoms with E-state index in [1.54, 1.807) is 11.9 Å². The number of hydrogen-bond donors (Lipinski definition) is 1. The molecule has 2 atom stereocenters. The minimum atomic E-state index is -0.837. The molecule has 0 saturated heterocycles. The van der Waals surface area contributed by atoms with E-state index in [-0.39, 0.29) is 11.8 Å². The van der Waals surface area contributed by atoms with Crippen LogP contribution in [0.25, 0.3) is 0 Å². The molecule has 108 valence electrons. The first kappa shape index (κ1) is 14.6. The van der Waals surface area contributed by atoms with Gasteiger partial charge in [-0.1, -0.05) is 43.2 Å². The maximum atomic E-state index is 12.5. The first-order chi connectivity index (χ1) is 9.59. The summed E-state index contributed by atoms with van der Waals surface area (Å²) in [6, 6.07) is 9.76. The second-order valence-electron chi connectivity index (χ2n) is 5.52. The van der Waals surface area contributed by atoms with Crippen LogP contribution in [0, 0.1) is 11.8 Å². The average molecular weight is 275 g/mol. The highest BCUT2D eigenvalue weighted by Crippen LogP contribution is 2.31. The van der Waals surface area contributed by atoms with Gasteiger partial charge in [-0.3, -0.25) is 9.59 Å². The third kappa shape index (κ3) is 3.38. The molecule has 1 saturated carbocycles. The van der Waals surface area contributed by atoms with Crippen molar-refractivity contribution in [2.24, 2.45) is 11.8 Å². The van der Waals surface area contributed by atoms with E-state index in [2.05, 4.69) is 0 Å². The molecule has 1 aromatic carbocycles. The molecule has 0 aromatic heterocycles. The predicted molar refractivity (Wildman–Crippen MR) is 76.0 cm³/mol. The molecule has 20 heavy (non-hydrogen) atoms. The normalized spacial score (nSPS) is 22.2. The summed E-state index contributed by atoms with van der Waals surface area (Å²) < 4.78 is 0. The molecule has 2 rings (SSSR count). The van der Waals surface area contributed by atoms with E-state index < -0.39 is 11.9 Å². The second-order valence-corrected chi connectivity index (χ2v) is 5.52. The zero-order valence-corrected chi connectivity index (χ0v) is 11.8. The fourth-order valence-corrected chi connectivity index (χ4v) is 2.94. The largest absolute Gasteiger partial charge is 0.481 e. The highest BCUT2D eigenvalue weighted by molar-refractivity contribution is 5.84. The molecule has 4 heteroatoms. The first-order valence-electron chi connectivity index (χ1n) is 7.11. The van der Waals surface area contributed by atoms with E-state index in [1.807, 2.05) is 30.3 Å². The molecule has 1 aliphatic carbocycles. The fraction of sp³-hybridized carbons (Fsp3) is 0.500. The molecule has 0 aliphatic heterocycles. The number of hydrogen-bond acceptors (Lipinski definition) is 2. The van der Waals surface area contributed by atoms with Crippen LogP contribution in [0.5, 0.6) is 0 Å². The van der Waals surface area contributed by atoms with Gasteiger partial charge in [0.2, 0.25) is 5.91 Å². The minimum absolute atomic E-state index is 0.0408. The number of rotatable bonds is 4. The smallest absolute Gasteiger partial charge is 0.307 e. The lowest BCUT2D eigenvalue weighted by Gasteiger charge is -2.31. The monoisotopic (exact) mass is 275 g/mol. The quantitative estimate of drug-likeness (QED) is 0.918. The number of aliphatic carboxylic acids is 1. The van der Waals surface area contributed by atoms with Gasteiger partial charge in [0.15, 0.2) is 0 Å². The van der Waals surface area contributed by atoms with Crippen LogP contribution in [0.3, 0.4) is 0 Å². The summed E-state index contributed by atoms with van der Waals surface area (Å²) in [7, 11) is 1.75. The van der Waals surface area contributed by atoms with Crippen LogP contribution in [0.1, 0.15) is 31.2 Å². The summed E-state index contributed by atoms with van der Waals surface area (Å²) in [5.74, 6) is -1.76. The van der Waals surface area contributed by atoms with Crippen LogP contribution in [-0.2, 0) is 16.1 Å². The van der Waals surface area contributed by atoms with Crippen molar-refractivity contribution < 1.29 is 14.7 Å². The average Bonchev–Trinajstić information content (AvgIpc) is 2.47. The van der Waals surface area contributed by atoms with Crippen LogP contribution in [0.2, 0.25) is 0 Å². The molecule has 4 nitrogen and oxygen atoms in total. The Kier molecular flexibility index (Phi) is 4.77. The third-order valence-electron chi connectivity index (χ3n) is 4.04. The zero-order valence-electron chi connectivity index (χ0n) is 11.8. The topological polar surface area (TPSA) is 57.6 Å². The van der Waals surface area contributed by atoms with E-state index in [0.29, 0.717) is 19.4 Å². The Morgan fingerprint density at radius 2 is 1.75 bits per heavy atom. The lowest BCUT2D eigenvalue weighted by atomic mass is 9.78. The van der Waals surface area contributed by atoms with Crippen molar-refractivity contribution in [3.63, 3.8) is 0 Å².